The van der Waals surface area contributed by atoms with Crippen molar-refractivity contribution in [3.8, 4) is 11.5 Å². The second kappa shape index (κ2) is 5.21. The number of ether oxygens (including phenoxy) is 1. The number of carbonyl (C=O) groups excluding carboxylic acids is 1. The number of nitrogens with zero attached hydrogens (tertiary/aromatic N) is 1. The number of benzene rings is 2. The first-order valence-corrected chi connectivity index (χ1v) is 7.41. The van der Waals surface area contributed by atoms with E-state index in [1.165, 1.54) is 23.5 Å². The molecule has 1 unspecified atom stereocenters. The molecule has 3 rings (SSSR count). The standard InChI is InChI=1S/C15H13NO4S/c1-20-12-8-7-11(17)14-13(12)15(18)16(21(14)19)9-10-5-3-2-4-6-10/h2-8,17H,9H2,1H3. The van der Waals surface area contributed by atoms with Crippen molar-refractivity contribution < 1.29 is 18.8 Å². The van der Waals surface area contributed by atoms with Crippen LogP contribution >= 0.6 is 0 Å². The lowest BCUT2D eigenvalue weighted by Crippen LogP contribution is -2.25. The van der Waals surface area contributed by atoms with E-state index in [1.807, 2.05) is 30.3 Å². The van der Waals surface area contributed by atoms with Crippen LogP contribution in [0.3, 0.4) is 0 Å². The van der Waals surface area contributed by atoms with Gasteiger partial charge in [0.05, 0.1) is 13.7 Å². The van der Waals surface area contributed by atoms with Crippen LogP contribution < -0.4 is 4.74 Å². The number of hydrogen-bond acceptors (Lipinski definition) is 4. The molecule has 2 aromatic rings. The molecule has 0 saturated heterocycles. The number of carbonyl (C=O) groups is 1. The number of fused-ring (bicyclic) bond motifs is 1. The van der Waals surface area contributed by atoms with E-state index < -0.39 is 16.9 Å². The van der Waals surface area contributed by atoms with Crippen molar-refractivity contribution >= 4 is 16.9 Å². The van der Waals surface area contributed by atoms with Gasteiger partial charge in [0, 0.05) is 0 Å². The number of methoxy groups -OCH3 is 1. The van der Waals surface area contributed by atoms with Crippen molar-refractivity contribution in [3.63, 3.8) is 0 Å². The Morgan fingerprint density at radius 2 is 1.90 bits per heavy atom. The number of rotatable bonds is 3. The molecule has 0 aromatic heterocycles. The van der Waals surface area contributed by atoms with E-state index >= 15 is 0 Å². The molecule has 1 amide bonds. The SMILES string of the molecule is COc1ccc(O)c2c1C(=O)N(Cc1ccccc1)S2=O. The van der Waals surface area contributed by atoms with Gasteiger partial charge in [-0.05, 0) is 17.7 Å². The number of phenolic OH excluding ortho intramolecular Hbond substituents is 1. The summed E-state index contributed by atoms with van der Waals surface area (Å²) in [7, 11) is -0.303. The Labute approximate surface area is 124 Å². The molecule has 0 spiro atoms. The van der Waals surface area contributed by atoms with E-state index in [1.54, 1.807) is 0 Å². The maximum atomic E-state index is 12.5. The molecule has 0 fully saturated rings. The van der Waals surface area contributed by atoms with Gasteiger partial charge in [-0.3, -0.25) is 4.79 Å². The number of aromatic hydroxyl groups is 1. The van der Waals surface area contributed by atoms with E-state index in [2.05, 4.69) is 0 Å². The van der Waals surface area contributed by atoms with Crippen LogP contribution in [0.15, 0.2) is 47.4 Å². The van der Waals surface area contributed by atoms with Crippen LogP contribution in [-0.2, 0) is 17.5 Å². The molecule has 0 saturated carbocycles. The van der Waals surface area contributed by atoms with Gasteiger partial charge in [0.15, 0.2) is 11.0 Å². The van der Waals surface area contributed by atoms with E-state index in [4.69, 9.17) is 4.74 Å². The van der Waals surface area contributed by atoms with Crippen molar-refractivity contribution in [3.05, 3.63) is 53.6 Å². The zero-order valence-electron chi connectivity index (χ0n) is 11.3. The lowest BCUT2D eigenvalue weighted by Gasteiger charge is -2.13. The Bertz CT molecular complexity index is 730. The second-order valence-corrected chi connectivity index (χ2v) is 5.91. The Balaban J connectivity index is 2.03. The van der Waals surface area contributed by atoms with Crippen LogP contribution in [-0.4, -0.2) is 26.6 Å². The van der Waals surface area contributed by atoms with Gasteiger partial charge in [-0.25, -0.2) is 8.51 Å². The first-order valence-electron chi connectivity index (χ1n) is 6.31. The monoisotopic (exact) mass is 303 g/mol. The van der Waals surface area contributed by atoms with Crippen LogP contribution in [0.4, 0.5) is 0 Å². The van der Waals surface area contributed by atoms with Gasteiger partial charge in [-0.1, -0.05) is 30.3 Å². The predicted octanol–water partition coefficient (Wildman–Crippen LogP) is 2.08. The third-order valence-electron chi connectivity index (χ3n) is 3.30. The summed E-state index contributed by atoms with van der Waals surface area (Å²) in [5, 5.41) is 9.90. The Kier molecular flexibility index (Phi) is 3.39. The first-order chi connectivity index (χ1) is 10.1. The average Bonchev–Trinajstić information content (AvgIpc) is 2.75. The van der Waals surface area contributed by atoms with Crippen LogP contribution in [0.25, 0.3) is 0 Å². The summed E-state index contributed by atoms with van der Waals surface area (Å²) in [6, 6.07) is 12.2. The highest BCUT2D eigenvalue weighted by Gasteiger charge is 2.39. The minimum absolute atomic E-state index is 0.121. The molecule has 0 aliphatic carbocycles. The average molecular weight is 303 g/mol. The van der Waals surface area contributed by atoms with E-state index in [0.717, 1.165) is 5.56 Å². The minimum atomic E-state index is -1.74. The van der Waals surface area contributed by atoms with Crippen molar-refractivity contribution in [1.29, 1.82) is 0 Å². The molecule has 21 heavy (non-hydrogen) atoms. The van der Waals surface area contributed by atoms with Gasteiger partial charge < -0.3 is 9.84 Å². The smallest absolute Gasteiger partial charge is 0.271 e. The summed E-state index contributed by atoms with van der Waals surface area (Å²) in [5.41, 5.74) is 1.04. The largest absolute Gasteiger partial charge is 0.507 e. The fourth-order valence-electron chi connectivity index (χ4n) is 2.29. The Morgan fingerprint density at radius 3 is 2.57 bits per heavy atom. The summed E-state index contributed by atoms with van der Waals surface area (Å²) in [5.74, 6) is -0.246. The van der Waals surface area contributed by atoms with Crippen molar-refractivity contribution in [1.82, 2.24) is 4.31 Å². The highest BCUT2D eigenvalue weighted by atomic mass is 32.2. The van der Waals surface area contributed by atoms with Crippen LogP contribution in [0.1, 0.15) is 15.9 Å². The molecule has 108 valence electrons. The molecule has 6 heteroatoms. The predicted molar refractivity (Wildman–Crippen MR) is 77.4 cm³/mol. The number of amides is 1. The van der Waals surface area contributed by atoms with E-state index in [0.29, 0.717) is 5.75 Å². The van der Waals surface area contributed by atoms with Gasteiger partial charge in [-0.2, -0.15) is 0 Å². The van der Waals surface area contributed by atoms with Crippen LogP contribution in [0.5, 0.6) is 11.5 Å². The molecule has 2 aromatic carbocycles. The third kappa shape index (κ3) is 2.17. The molecule has 0 bridgehead atoms. The molecular formula is C15H13NO4S. The Morgan fingerprint density at radius 1 is 1.19 bits per heavy atom. The number of phenols is 1. The molecule has 0 radical (unpaired) electrons. The van der Waals surface area contributed by atoms with Gasteiger partial charge in [0.1, 0.15) is 22.0 Å². The zero-order valence-corrected chi connectivity index (χ0v) is 12.1. The Hall–Kier alpha value is -2.34. The molecular weight excluding hydrogens is 290 g/mol. The lowest BCUT2D eigenvalue weighted by atomic mass is 10.1. The summed E-state index contributed by atoms with van der Waals surface area (Å²) < 4.78 is 18.9. The van der Waals surface area contributed by atoms with Crippen molar-refractivity contribution in [2.24, 2.45) is 0 Å². The quantitative estimate of drug-likeness (QED) is 0.942. The summed E-state index contributed by atoms with van der Waals surface area (Å²) in [6.45, 7) is 0.212. The maximum Gasteiger partial charge on any atom is 0.271 e. The molecule has 1 aliphatic heterocycles. The van der Waals surface area contributed by atoms with Crippen LogP contribution in [0, 0.1) is 0 Å². The normalized spacial score (nSPS) is 16.9. The summed E-state index contributed by atoms with van der Waals surface area (Å²) in [6.07, 6.45) is 0. The van der Waals surface area contributed by atoms with Gasteiger partial charge in [0.2, 0.25) is 0 Å². The van der Waals surface area contributed by atoms with Crippen molar-refractivity contribution in [2.45, 2.75) is 11.4 Å². The molecule has 5 nitrogen and oxygen atoms in total. The summed E-state index contributed by atoms with van der Waals surface area (Å²) >= 11 is 0. The number of hydrogen-bond donors (Lipinski definition) is 1. The second-order valence-electron chi connectivity index (χ2n) is 4.57. The third-order valence-corrected chi connectivity index (χ3v) is 4.76. The van der Waals surface area contributed by atoms with Gasteiger partial charge in [0.25, 0.3) is 5.91 Å². The fraction of sp³-hybridized carbons (Fsp3) is 0.133. The highest BCUT2D eigenvalue weighted by molar-refractivity contribution is 7.84. The zero-order chi connectivity index (χ0) is 15.0. The molecule has 1 atom stereocenters. The van der Waals surface area contributed by atoms with E-state index in [9.17, 15) is 14.1 Å². The van der Waals surface area contributed by atoms with Gasteiger partial charge in [-0.15, -0.1) is 0 Å². The minimum Gasteiger partial charge on any atom is -0.507 e. The van der Waals surface area contributed by atoms with Crippen LogP contribution in [0.2, 0.25) is 0 Å². The molecule has 1 aliphatic rings. The summed E-state index contributed by atoms with van der Waals surface area (Å²) in [4.78, 5) is 12.6. The fourth-order valence-corrected chi connectivity index (χ4v) is 3.63. The highest BCUT2D eigenvalue weighted by Crippen LogP contribution is 2.40. The van der Waals surface area contributed by atoms with E-state index in [-0.39, 0.29) is 22.8 Å². The molecule has 1 N–H and O–H groups in total. The maximum absolute atomic E-state index is 12.5. The first kappa shape index (κ1) is 13.6. The topological polar surface area (TPSA) is 66.8 Å². The lowest BCUT2D eigenvalue weighted by molar-refractivity contribution is 0.0865. The van der Waals surface area contributed by atoms with Crippen molar-refractivity contribution in [2.75, 3.05) is 7.11 Å². The molecule has 1 heterocycles. The van der Waals surface area contributed by atoms with Gasteiger partial charge >= 0.3 is 0 Å².